The lowest BCUT2D eigenvalue weighted by atomic mass is 10.2. The van der Waals surface area contributed by atoms with Gasteiger partial charge in [0.05, 0.1) is 17.6 Å². The van der Waals surface area contributed by atoms with E-state index in [2.05, 4.69) is 70.4 Å². The topological polar surface area (TPSA) is 35.2 Å². The van der Waals surface area contributed by atoms with Gasteiger partial charge in [0.1, 0.15) is 5.82 Å². The van der Waals surface area contributed by atoms with Gasteiger partial charge in [0.2, 0.25) is 0 Å². The highest BCUT2D eigenvalue weighted by atomic mass is 32.2. The fourth-order valence-corrected chi connectivity index (χ4v) is 3.97. The quantitative estimate of drug-likeness (QED) is 0.695. The molecule has 1 saturated heterocycles. The van der Waals surface area contributed by atoms with E-state index in [9.17, 15) is 0 Å². The molecule has 5 heteroatoms. The maximum Gasteiger partial charge on any atom is 0.121 e. The average Bonchev–Trinajstić information content (AvgIpc) is 3.05. The first-order valence-corrected chi connectivity index (χ1v) is 10.4. The molecule has 0 unspecified atom stereocenters. The van der Waals surface area contributed by atoms with Crippen molar-refractivity contribution in [3.63, 3.8) is 0 Å². The first-order chi connectivity index (χ1) is 12.7. The zero-order valence-corrected chi connectivity index (χ0v) is 16.4. The monoisotopic (exact) mass is 366 g/mol. The van der Waals surface area contributed by atoms with Crippen LogP contribution in [-0.2, 0) is 13.1 Å². The predicted molar refractivity (Wildman–Crippen MR) is 110 cm³/mol. The number of nitrogens with zero attached hydrogens (tertiary/aromatic N) is 3. The Morgan fingerprint density at radius 3 is 2.35 bits per heavy atom. The summed E-state index contributed by atoms with van der Waals surface area (Å²) in [4.78, 5) is 14.6. The van der Waals surface area contributed by atoms with Gasteiger partial charge in [-0.25, -0.2) is 4.98 Å². The molecular formula is C21H26N4S. The Labute approximate surface area is 159 Å². The number of hydrogen-bond donors (Lipinski definition) is 1. The number of thioether (sulfide) groups is 1. The molecule has 0 atom stereocenters. The molecule has 1 N–H and O–H groups in total. The van der Waals surface area contributed by atoms with Crippen molar-refractivity contribution in [1.29, 1.82) is 0 Å². The van der Waals surface area contributed by atoms with Crippen molar-refractivity contribution in [2.45, 2.75) is 24.9 Å². The number of aryl methyl sites for hydroxylation is 1. The van der Waals surface area contributed by atoms with Crippen molar-refractivity contribution in [2.24, 2.45) is 0 Å². The second-order valence-electron chi connectivity index (χ2n) is 7.10. The number of aromatic amines is 1. The van der Waals surface area contributed by atoms with Crippen LogP contribution in [0.25, 0.3) is 11.0 Å². The summed E-state index contributed by atoms with van der Waals surface area (Å²) in [5, 5.41) is 0. The highest BCUT2D eigenvalue weighted by Crippen LogP contribution is 2.18. The van der Waals surface area contributed by atoms with E-state index < -0.39 is 0 Å². The Kier molecular flexibility index (Phi) is 5.29. The van der Waals surface area contributed by atoms with Crippen LogP contribution in [-0.4, -0.2) is 52.2 Å². The number of benzene rings is 2. The van der Waals surface area contributed by atoms with Crippen LogP contribution >= 0.6 is 11.8 Å². The Morgan fingerprint density at radius 2 is 1.65 bits per heavy atom. The second kappa shape index (κ2) is 7.82. The van der Waals surface area contributed by atoms with Crippen molar-refractivity contribution in [1.82, 2.24) is 19.8 Å². The van der Waals surface area contributed by atoms with Crippen LogP contribution in [0.1, 0.15) is 17.0 Å². The summed E-state index contributed by atoms with van der Waals surface area (Å²) in [5.74, 6) is 1.08. The molecule has 1 fully saturated rings. The summed E-state index contributed by atoms with van der Waals surface area (Å²) in [6.07, 6.45) is 2.12. The van der Waals surface area contributed by atoms with E-state index in [1.165, 1.54) is 16.0 Å². The van der Waals surface area contributed by atoms with Crippen LogP contribution in [0.2, 0.25) is 0 Å². The summed E-state index contributed by atoms with van der Waals surface area (Å²) in [6.45, 7) is 8.50. The minimum atomic E-state index is 0.907. The van der Waals surface area contributed by atoms with E-state index in [1.54, 1.807) is 11.8 Å². The third kappa shape index (κ3) is 4.11. The SMILES string of the molecule is CSc1ccc(CN2CCN(Cc3nc4ccc(C)cc4[nH]3)CC2)cc1. The summed E-state index contributed by atoms with van der Waals surface area (Å²) in [6, 6.07) is 15.4. The van der Waals surface area contributed by atoms with Gasteiger partial charge in [0, 0.05) is 37.6 Å². The van der Waals surface area contributed by atoms with Gasteiger partial charge in [0.15, 0.2) is 0 Å². The van der Waals surface area contributed by atoms with E-state index >= 15 is 0 Å². The maximum atomic E-state index is 4.74. The minimum Gasteiger partial charge on any atom is -0.341 e. The summed E-state index contributed by atoms with van der Waals surface area (Å²) in [5.41, 5.74) is 4.89. The molecule has 0 amide bonds. The zero-order valence-electron chi connectivity index (χ0n) is 15.5. The lowest BCUT2D eigenvalue weighted by Gasteiger charge is -2.34. The number of hydrogen-bond acceptors (Lipinski definition) is 4. The number of H-pyrrole nitrogens is 1. The molecule has 0 aliphatic carbocycles. The molecule has 3 aromatic rings. The van der Waals surface area contributed by atoms with E-state index in [4.69, 9.17) is 4.98 Å². The molecule has 1 aliphatic heterocycles. The summed E-state index contributed by atoms with van der Waals surface area (Å²) < 4.78 is 0. The van der Waals surface area contributed by atoms with Crippen molar-refractivity contribution in [2.75, 3.05) is 32.4 Å². The highest BCUT2D eigenvalue weighted by Gasteiger charge is 2.18. The van der Waals surface area contributed by atoms with E-state index in [0.717, 1.165) is 56.1 Å². The van der Waals surface area contributed by atoms with E-state index in [1.807, 2.05) is 0 Å². The van der Waals surface area contributed by atoms with Crippen LogP contribution < -0.4 is 0 Å². The van der Waals surface area contributed by atoms with Gasteiger partial charge >= 0.3 is 0 Å². The average molecular weight is 367 g/mol. The Balaban J connectivity index is 1.31. The van der Waals surface area contributed by atoms with Gasteiger partial charge in [-0.05, 0) is 48.6 Å². The van der Waals surface area contributed by atoms with Gasteiger partial charge in [-0.2, -0.15) is 0 Å². The molecule has 1 aliphatic rings. The molecule has 2 heterocycles. The molecule has 4 rings (SSSR count). The Morgan fingerprint density at radius 1 is 0.962 bits per heavy atom. The van der Waals surface area contributed by atoms with Crippen LogP contribution in [0, 0.1) is 6.92 Å². The molecular weight excluding hydrogens is 340 g/mol. The van der Waals surface area contributed by atoms with Crippen LogP contribution in [0.5, 0.6) is 0 Å². The number of imidazole rings is 1. The molecule has 2 aromatic carbocycles. The van der Waals surface area contributed by atoms with Crippen LogP contribution in [0.15, 0.2) is 47.4 Å². The number of nitrogens with one attached hydrogen (secondary N) is 1. The molecule has 136 valence electrons. The van der Waals surface area contributed by atoms with E-state index in [-0.39, 0.29) is 0 Å². The molecule has 0 spiro atoms. The third-order valence-corrected chi connectivity index (χ3v) is 5.83. The number of fused-ring (bicyclic) bond motifs is 1. The number of rotatable bonds is 5. The Hall–Kier alpha value is -1.82. The summed E-state index contributed by atoms with van der Waals surface area (Å²) >= 11 is 1.80. The molecule has 0 saturated carbocycles. The fraction of sp³-hybridized carbons (Fsp3) is 0.381. The standard InChI is InChI=1S/C21H26N4S/c1-16-3-8-19-20(13-16)23-21(22-19)15-25-11-9-24(10-12-25)14-17-4-6-18(26-2)7-5-17/h3-8,13H,9-12,14-15H2,1-2H3,(H,22,23). The van der Waals surface area contributed by atoms with Gasteiger partial charge in [-0.1, -0.05) is 18.2 Å². The lowest BCUT2D eigenvalue weighted by Crippen LogP contribution is -2.45. The van der Waals surface area contributed by atoms with Crippen molar-refractivity contribution < 1.29 is 0 Å². The predicted octanol–water partition coefficient (Wildman–Crippen LogP) is 3.91. The highest BCUT2D eigenvalue weighted by molar-refractivity contribution is 7.98. The summed E-state index contributed by atoms with van der Waals surface area (Å²) in [7, 11) is 0. The largest absolute Gasteiger partial charge is 0.341 e. The third-order valence-electron chi connectivity index (χ3n) is 5.09. The molecule has 26 heavy (non-hydrogen) atoms. The smallest absolute Gasteiger partial charge is 0.121 e. The second-order valence-corrected chi connectivity index (χ2v) is 7.98. The fourth-order valence-electron chi connectivity index (χ4n) is 3.56. The number of aromatic nitrogens is 2. The van der Waals surface area contributed by atoms with Gasteiger partial charge in [-0.15, -0.1) is 11.8 Å². The van der Waals surface area contributed by atoms with Gasteiger partial charge < -0.3 is 4.98 Å². The molecule has 0 radical (unpaired) electrons. The van der Waals surface area contributed by atoms with Gasteiger partial charge in [0.25, 0.3) is 0 Å². The molecule has 0 bridgehead atoms. The van der Waals surface area contributed by atoms with Crippen molar-refractivity contribution in [3.8, 4) is 0 Å². The van der Waals surface area contributed by atoms with Crippen LogP contribution in [0.4, 0.5) is 0 Å². The van der Waals surface area contributed by atoms with E-state index in [0.29, 0.717) is 0 Å². The lowest BCUT2D eigenvalue weighted by molar-refractivity contribution is 0.120. The number of piperazine rings is 1. The molecule has 4 nitrogen and oxygen atoms in total. The van der Waals surface area contributed by atoms with Crippen LogP contribution in [0.3, 0.4) is 0 Å². The Bertz CT molecular complexity index is 863. The first-order valence-electron chi connectivity index (χ1n) is 9.22. The maximum absolute atomic E-state index is 4.74. The van der Waals surface area contributed by atoms with Crippen molar-refractivity contribution >= 4 is 22.8 Å². The normalized spacial score (nSPS) is 16.4. The molecule has 1 aromatic heterocycles. The van der Waals surface area contributed by atoms with Gasteiger partial charge in [-0.3, -0.25) is 9.80 Å². The first kappa shape index (κ1) is 17.6. The van der Waals surface area contributed by atoms with Crippen molar-refractivity contribution in [3.05, 3.63) is 59.4 Å². The minimum absolute atomic E-state index is 0.907. The zero-order chi connectivity index (χ0) is 17.9.